The lowest BCUT2D eigenvalue weighted by Crippen LogP contribution is -2.57. The monoisotopic (exact) mass is 450 g/mol. The summed E-state index contributed by atoms with van der Waals surface area (Å²) in [6.45, 7) is 3.87. The molecule has 6 heteroatoms. The summed E-state index contributed by atoms with van der Waals surface area (Å²) < 4.78 is 1.03. The standard InChI is InChI=1S/C23H23BrN4O/c1-16(29)28-12-19-8-20(24)6-7-22(19)27(13-21-11-25-15-26-21)14-23(28)9-17-4-2-3-5-18(17)10-23/h2-8,11,15,21H,9-10,12-14H2,1H3. The number of rotatable bonds is 2. The molecule has 1 amide bonds. The highest BCUT2D eigenvalue weighted by atomic mass is 79.9. The van der Waals surface area contributed by atoms with Crippen molar-refractivity contribution in [1.82, 2.24) is 4.90 Å². The number of anilines is 1. The zero-order chi connectivity index (χ0) is 20.0. The van der Waals surface area contributed by atoms with Gasteiger partial charge in [-0.3, -0.25) is 9.79 Å². The van der Waals surface area contributed by atoms with Gasteiger partial charge in [-0.25, -0.2) is 4.99 Å². The first-order chi connectivity index (χ1) is 14.0. The fourth-order valence-corrected chi connectivity index (χ4v) is 5.47. The van der Waals surface area contributed by atoms with Gasteiger partial charge in [-0.1, -0.05) is 40.2 Å². The Morgan fingerprint density at radius 2 is 1.93 bits per heavy atom. The van der Waals surface area contributed by atoms with Crippen molar-refractivity contribution in [2.24, 2.45) is 9.98 Å². The molecule has 5 rings (SSSR count). The van der Waals surface area contributed by atoms with Crippen molar-refractivity contribution < 1.29 is 4.79 Å². The average molecular weight is 451 g/mol. The predicted molar refractivity (Wildman–Crippen MR) is 120 cm³/mol. The Morgan fingerprint density at radius 1 is 1.17 bits per heavy atom. The maximum atomic E-state index is 12.9. The van der Waals surface area contributed by atoms with Gasteiger partial charge in [0.2, 0.25) is 5.91 Å². The summed E-state index contributed by atoms with van der Waals surface area (Å²) in [5.74, 6) is 0.131. The van der Waals surface area contributed by atoms with E-state index in [1.807, 2.05) is 6.21 Å². The molecule has 1 spiro atoms. The van der Waals surface area contributed by atoms with Crippen LogP contribution < -0.4 is 4.90 Å². The number of nitrogens with zero attached hydrogens (tertiary/aromatic N) is 4. The molecule has 2 aromatic rings. The van der Waals surface area contributed by atoms with E-state index in [4.69, 9.17) is 0 Å². The van der Waals surface area contributed by atoms with Gasteiger partial charge in [0.1, 0.15) is 12.4 Å². The molecular weight excluding hydrogens is 428 g/mol. The highest BCUT2D eigenvalue weighted by Gasteiger charge is 2.47. The molecule has 1 aliphatic carbocycles. The van der Waals surface area contributed by atoms with E-state index in [0.29, 0.717) is 6.54 Å². The number of amides is 1. The Hall–Kier alpha value is -2.47. The van der Waals surface area contributed by atoms with Crippen LogP contribution in [-0.2, 0) is 24.2 Å². The van der Waals surface area contributed by atoms with Crippen molar-refractivity contribution in [3.63, 3.8) is 0 Å². The minimum atomic E-state index is -0.250. The number of halogens is 1. The van der Waals surface area contributed by atoms with Crippen LogP contribution in [0.25, 0.3) is 0 Å². The Labute approximate surface area is 179 Å². The number of carbonyl (C=O) groups is 1. The van der Waals surface area contributed by atoms with E-state index in [0.717, 1.165) is 30.4 Å². The van der Waals surface area contributed by atoms with Gasteiger partial charge in [0.15, 0.2) is 0 Å². The summed E-state index contributed by atoms with van der Waals surface area (Å²) in [5.41, 5.74) is 4.81. The first kappa shape index (κ1) is 18.6. The normalized spacial score (nSPS) is 21.4. The first-order valence-electron chi connectivity index (χ1n) is 9.97. The largest absolute Gasteiger partial charge is 0.366 e. The summed E-state index contributed by atoms with van der Waals surface area (Å²) in [7, 11) is 0. The number of carbonyl (C=O) groups excluding carboxylic acids is 1. The molecule has 2 aliphatic heterocycles. The lowest BCUT2D eigenvalue weighted by molar-refractivity contribution is -0.135. The number of hydrogen-bond acceptors (Lipinski definition) is 4. The summed E-state index contributed by atoms with van der Waals surface area (Å²) in [6, 6.07) is 15.0. The number of aliphatic imine (C=N–C) groups is 2. The summed E-state index contributed by atoms with van der Waals surface area (Å²) >= 11 is 3.61. The third-order valence-electron chi connectivity index (χ3n) is 6.30. The lowest BCUT2D eigenvalue weighted by atomic mass is 9.92. The van der Waals surface area contributed by atoms with Crippen molar-refractivity contribution in [3.05, 3.63) is 63.6 Å². The maximum absolute atomic E-state index is 12.9. The van der Waals surface area contributed by atoms with E-state index in [1.165, 1.54) is 22.4 Å². The van der Waals surface area contributed by atoms with E-state index in [-0.39, 0.29) is 17.5 Å². The minimum Gasteiger partial charge on any atom is -0.366 e. The second-order valence-electron chi connectivity index (χ2n) is 8.24. The number of benzene rings is 2. The Balaban J connectivity index is 1.59. The highest BCUT2D eigenvalue weighted by Crippen LogP contribution is 2.41. The minimum absolute atomic E-state index is 0.0520. The van der Waals surface area contributed by atoms with Crippen LogP contribution in [0.4, 0.5) is 5.69 Å². The maximum Gasteiger partial charge on any atom is 0.220 e. The Morgan fingerprint density at radius 3 is 2.59 bits per heavy atom. The van der Waals surface area contributed by atoms with Gasteiger partial charge in [-0.05, 0) is 47.7 Å². The van der Waals surface area contributed by atoms with E-state index in [9.17, 15) is 4.79 Å². The molecule has 148 valence electrons. The van der Waals surface area contributed by atoms with Crippen LogP contribution in [0.2, 0.25) is 0 Å². The number of hydrogen-bond donors (Lipinski definition) is 0. The van der Waals surface area contributed by atoms with E-state index < -0.39 is 0 Å². The van der Waals surface area contributed by atoms with Crippen LogP contribution in [0.1, 0.15) is 23.6 Å². The van der Waals surface area contributed by atoms with Crippen molar-refractivity contribution in [3.8, 4) is 0 Å². The fraction of sp³-hybridized carbons (Fsp3) is 0.348. The van der Waals surface area contributed by atoms with Gasteiger partial charge < -0.3 is 9.80 Å². The molecule has 0 radical (unpaired) electrons. The summed E-state index contributed by atoms with van der Waals surface area (Å²) in [6.07, 6.45) is 5.31. The van der Waals surface area contributed by atoms with Crippen molar-refractivity contribution in [2.75, 3.05) is 18.0 Å². The first-order valence-corrected chi connectivity index (χ1v) is 10.8. The zero-order valence-electron chi connectivity index (χ0n) is 16.4. The molecule has 0 N–H and O–H groups in total. The molecule has 0 saturated heterocycles. The van der Waals surface area contributed by atoms with Crippen molar-refractivity contribution in [1.29, 1.82) is 0 Å². The van der Waals surface area contributed by atoms with E-state index >= 15 is 0 Å². The zero-order valence-corrected chi connectivity index (χ0v) is 18.0. The van der Waals surface area contributed by atoms with Crippen LogP contribution in [-0.4, -0.2) is 48.0 Å². The van der Waals surface area contributed by atoms with Crippen LogP contribution in [0.3, 0.4) is 0 Å². The molecule has 29 heavy (non-hydrogen) atoms. The van der Waals surface area contributed by atoms with Gasteiger partial charge in [-0.2, -0.15) is 0 Å². The van der Waals surface area contributed by atoms with Gasteiger partial charge in [0, 0.05) is 42.9 Å². The second kappa shape index (κ2) is 7.10. The van der Waals surface area contributed by atoms with Crippen molar-refractivity contribution in [2.45, 2.75) is 37.9 Å². The third-order valence-corrected chi connectivity index (χ3v) is 6.79. The Kier molecular flexibility index (Phi) is 4.54. The molecule has 5 nitrogen and oxygen atoms in total. The fourth-order valence-electron chi connectivity index (χ4n) is 5.06. The molecule has 1 unspecified atom stereocenters. The smallest absolute Gasteiger partial charge is 0.220 e. The predicted octanol–water partition coefficient (Wildman–Crippen LogP) is 3.64. The van der Waals surface area contributed by atoms with E-state index in [2.05, 4.69) is 78.2 Å². The van der Waals surface area contributed by atoms with Crippen LogP contribution in [0.5, 0.6) is 0 Å². The third kappa shape index (κ3) is 3.29. The topological polar surface area (TPSA) is 48.3 Å². The van der Waals surface area contributed by atoms with Gasteiger partial charge in [-0.15, -0.1) is 0 Å². The summed E-state index contributed by atoms with van der Waals surface area (Å²) in [5, 5.41) is 0. The quantitative estimate of drug-likeness (QED) is 0.700. The molecular formula is C23H23BrN4O. The molecule has 2 aromatic carbocycles. The van der Waals surface area contributed by atoms with Gasteiger partial charge in [0.25, 0.3) is 0 Å². The molecule has 3 aliphatic rings. The highest BCUT2D eigenvalue weighted by molar-refractivity contribution is 9.10. The molecule has 0 bridgehead atoms. The molecule has 0 aromatic heterocycles. The molecule has 2 heterocycles. The number of fused-ring (bicyclic) bond motifs is 2. The Bertz CT molecular complexity index is 994. The second-order valence-corrected chi connectivity index (χ2v) is 9.15. The van der Waals surface area contributed by atoms with Crippen LogP contribution >= 0.6 is 15.9 Å². The SMILES string of the molecule is CC(=O)N1Cc2cc(Br)ccc2N(CC2C=NC=N2)CC12Cc1ccccc1C2. The molecule has 0 fully saturated rings. The van der Waals surface area contributed by atoms with Crippen LogP contribution in [0, 0.1) is 0 Å². The van der Waals surface area contributed by atoms with E-state index in [1.54, 1.807) is 13.3 Å². The van der Waals surface area contributed by atoms with Gasteiger partial charge in [0.05, 0.1) is 5.54 Å². The molecule has 0 saturated carbocycles. The lowest BCUT2D eigenvalue weighted by Gasteiger charge is -2.42. The molecule has 1 atom stereocenters. The van der Waals surface area contributed by atoms with Gasteiger partial charge >= 0.3 is 0 Å². The van der Waals surface area contributed by atoms with Crippen molar-refractivity contribution >= 4 is 40.1 Å². The van der Waals surface area contributed by atoms with Crippen LogP contribution in [0.15, 0.2) is 56.9 Å². The average Bonchev–Trinajstić information content (AvgIpc) is 3.30. The summed E-state index contributed by atoms with van der Waals surface area (Å²) in [4.78, 5) is 26.0.